The maximum absolute atomic E-state index is 12.3. The van der Waals surface area contributed by atoms with Crippen LogP contribution in [0.15, 0.2) is 36.6 Å². The summed E-state index contributed by atoms with van der Waals surface area (Å²) in [5.74, 6) is 4.01. The van der Waals surface area contributed by atoms with E-state index in [2.05, 4.69) is 31.5 Å². The summed E-state index contributed by atoms with van der Waals surface area (Å²) in [4.78, 5) is 77.8. The van der Waals surface area contributed by atoms with Crippen molar-refractivity contribution in [1.82, 2.24) is 19.1 Å². The number of H-pyrrole nitrogens is 2. The third-order valence-electron chi connectivity index (χ3n) is 7.94. The Labute approximate surface area is 301 Å². The second-order valence-electron chi connectivity index (χ2n) is 11.6. The van der Waals surface area contributed by atoms with E-state index in [0.29, 0.717) is 42.5 Å². The molecule has 2 aromatic rings. The van der Waals surface area contributed by atoms with E-state index in [9.17, 15) is 41.9 Å². The standard InChI is InChI=1S/C18H20F3N3O6.C13H17IN2O5/c1-11(25)30-15-7-14(6-13(15)9-28-2)24-8-12(16(26)23-17(24)27)4-3-5-22-10-29-18(19,20)21;1-7(17)21-11-4-9(3-8(11)6-20-2)16-5-10(14)12(18)15-13(16)19/h8,10,13-15H,5-7,9H2,1-2H3,(H,23,26,27);5,8-9,11H,3-4,6H2,1-2H3,(H,15,18,19)/t13-,14-,15-;8-,9-,11-/m11/s1. The van der Waals surface area contributed by atoms with Crippen LogP contribution in [0.2, 0.25) is 0 Å². The van der Waals surface area contributed by atoms with Gasteiger partial charge in [-0.05, 0) is 35.4 Å². The number of aliphatic imine (C=N–C) groups is 1. The lowest BCUT2D eigenvalue weighted by Crippen LogP contribution is -2.33. The van der Waals surface area contributed by atoms with Crippen molar-refractivity contribution in [3.05, 3.63) is 63.2 Å². The fourth-order valence-corrected chi connectivity index (χ4v) is 6.39. The van der Waals surface area contributed by atoms with E-state index in [-0.39, 0.29) is 60.1 Å². The average molecular weight is 840 g/mol. The first-order valence-corrected chi connectivity index (χ1v) is 16.5. The highest BCUT2D eigenvalue weighted by Gasteiger charge is 2.39. The zero-order valence-electron chi connectivity index (χ0n) is 28.0. The second-order valence-corrected chi connectivity index (χ2v) is 12.8. The van der Waals surface area contributed by atoms with Crippen LogP contribution in [-0.4, -0.2) is 90.0 Å². The summed E-state index contributed by atoms with van der Waals surface area (Å²) in [6.45, 7) is 3.11. The van der Waals surface area contributed by atoms with Gasteiger partial charge in [-0.2, -0.15) is 0 Å². The molecule has 51 heavy (non-hydrogen) atoms. The molecule has 2 heterocycles. The van der Waals surface area contributed by atoms with Crippen molar-refractivity contribution in [2.45, 2.75) is 70.2 Å². The number of carbonyl (C=O) groups is 2. The largest absolute Gasteiger partial charge is 0.573 e. The van der Waals surface area contributed by atoms with Crippen LogP contribution < -0.4 is 22.5 Å². The van der Waals surface area contributed by atoms with Crippen molar-refractivity contribution in [1.29, 1.82) is 0 Å². The topological polar surface area (TPSA) is 202 Å². The normalized spacial score (nSPS) is 22.8. The van der Waals surface area contributed by atoms with Gasteiger partial charge in [-0.15, -0.1) is 13.2 Å². The van der Waals surface area contributed by atoms with E-state index >= 15 is 0 Å². The summed E-state index contributed by atoms with van der Waals surface area (Å²) in [6.07, 6.45) is -0.494. The molecule has 0 spiro atoms. The number of carbonyl (C=O) groups excluding carboxylic acids is 2. The minimum Gasteiger partial charge on any atom is -0.462 e. The molecular formula is C31H37F3IN5O11. The summed E-state index contributed by atoms with van der Waals surface area (Å²) in [7, 11) is 3.10. The number of esters is 2. The van der Waals surface area contributed by atoms with Gasteiger partial charge in [0.25, 0.3) is 11.1 Å². The molecule has 0 amide bonds. The Morgan fingerprint density at radius 3 is 1.84 bits per heavy atom. The number of nitrogens with zero attached hydrogens (tertiary/aromatic N) is 3. The molecule has 20 heteroatoms. The molecule has 0 unspecified atom stereocenters. The molecule has 16 nitrogen and oxygen atoms in total. The number of alkyl halides is 3. The molecule has 0 saturated heterocycles. The molecule has 4 rings (SSSR count). The van der Waals surface area contributed by atoms with Crippen molar-refractivity contribution in [2.75, 3.05) is 34.0 Å². The van der Waals surface area contributed by atoms with Gasteiger partial charge in [-0.3, -0.25) is 38.3 Å². The number of hydrogen-bond donors (Lipinski definition) is 2. The first-order valence-electron chi connectivity index (χ1n) is 15.4. The molecule has 280 valence electrons. The quantitative estimate of drug-likeness (QED) is 0.116. The number of nitrogens with one attached hydrogen (secondary N) is 2. The molecule has 2 aliphatic rings. The second kappa shape index (κ2) is 18.8. The molecule has 0 radical (unpaired) electrons. The lowest BCUT2D eigenvalue weighted by molar-refractivity contribution is -0.280. The number of ether oxygens (including phenoxy) is 5. The molecule has 2 aliphatic carbocycles. The van der Waals surface area contributed by atoms with E-state index in [1.54, 1.807) is 13.3 Å². The number of halogens is 4. The summed E-state index contributed by atoms with van der Waals surface area (Å²) < 4.78 is 63.0. The Morgan fingerprint density at radius 1 is 0.882 bits per heavy atom. The first kappa shape index (κ1) is 41.2. The zero-order valence-corrected chi connectivity index (χ0v) is 30.1. The maximum atomic E-state index is 12.3. The van der Waals surface area contributed by atoms with Crippen LogP contribution in [0.5, 0.6) is 0 Å². The van der Waals surface area contributed by atoms with Crippen molar-refractivity contribution < 1.29 is 46.4 Å². The van der Waals surface area contributed by atoms with Gasteiger partial charge in [0.15, 0.2) is 6.40 Å². The highest BCUT2D eigenvalue weighted by atomic mass is 127. The summed E-state index contributed by atoms with van der Waals surface area (Å²) in [6, 6.07) is -0.482. The van der Waals surface area contributed by atoms with Gasteiger partial charge >= 0.3 is 29.7 Å². The van der Waals surface area contributed by atoms with Crippen molar-refractivity contribution in [3.8, 4) is 11.8 Å². The van der Waals surface area contributed by atoms with Gasteiger partial charge in [0.1, 0.15) is 24.3 Å². The molecule has 2 saturated carbocycles. The fraction of sp³-hybridized carbons (Fsp3) is 0.581. The van der Waals surface area contributed by atoms with Gasteiger partial charge in [0.2, 0.25) is 0 Å². The predicted molar refractivity (Wildman–Crippen MR) is 181 cm³/mol. The number of aromatic nitrogens is 4. The summed E-state index contributed by atoms with van der Waals surface area (Å²) >= 11 is 1.89. The van der Waals surface area contributed by atoms with Crippen LogP contribution >= 0.6 is 22.6 Å². The Bertz CT molecular complexity index is 1860. The van der Waals surface area contributed by atoms with Gasteiger partial charge in [0.05, 0.1) is 16.8 Å². The summed E-state index contributed by atoms with van der Waals surface area (Å²) in [5, 5.41) is 0. The Morgan fingerprint density at radius 2 is 1.37 bits per heavy atom. The highest BCUT2D eigenvalue weighted by Crippen LogP contribution is 2.37. The molecule has 2 aromatic heterocycles. The number of aromatic amines is 2. The zero-order chi connectivity index (χ0) is 37.9. The van der Waals surface area contributed by atoms with Crippen molar-refractivity contribution in [2.24, 2.45) is 16.8 Å². The van der Waals surface area contributed by atoms with Crippen LogP contribution in [0.3, 0.4) is 0 Å². The van der Waals surface area contributed by atoms with E-state index < -0.39 is 35.4 Å². The number of methoxy groups -OCH3 is 2. The van der Waals surface area contributed by atoms with E-state index in [1.165, 1.54) is 36.3 Å². The molecule has 0 bridgehead atoms. The number of rotatable bonds is 10. The van der Waals surface area contributed by atoms with Crippen molar-refractivity contribution in [3.63, 3.8) is 0 Å². The van der Waals surface area contributed by atoms with Crippen LogP contribution in [0, 0.1) is 27.2 Å². The molecule has 0 aliphatic heterocycles. The van der Waals surface area contributed by atoms with Crippen LogP contribution in [0.4, 0.5) is 13.2 Å². The Balaban J connectivity index is 0.000000293. The Hall–Kier alpha value is -4.23. The highest BCUT2D eigenvalue weighted by molar-refractivity contribution is 14.1. The van der Waals surface area contributed by atoms with Gasteiger partial charge in [0, 0.05) is 77.2 Å². The lowest BCUT2D eigenvalue weighted by Gasteiger charge is -2.17. The third kappa shape index (κ3) is 12.5. The predicted octanol–water partition coefficient (Wildman–Crippen LogP) is 1.65. The molecule has 6 atom stereocenters. The third-order valence-corrected chi connectivity index (χ3v) is 8.71. The average Bonchev–Trinajstić information content (AvgIpc) is 3.60. The van der Waals surface area contributed by atoms with Crippen LogP contribution in [0.1, 0.15) is 57.2 Å². The minimum absolute atomic E-state index is 0.0420. The van der Waals surface area contributed by atoms with Gasteiger partial charge in [-0.1, -0.05) is 11.8 Å². The van der Waals surface area contributed by atoms with Gasteiger partial charge in [-0.25, -0.2) is 14.6 Å². The Kier molecular flexibility index (Phi) is 15.2. The number of hydrogen-bond acceptors (Lipinski definition) is 12. The maximum Gasteiger partial charge on any atom is 0.573 e. The van der Waals surface area contributed by atoms with Gasteiger partial charge < -0.3 is 23.7 Å². The van der Waals surface area contributed by atoms with E-state index in [4.69, 9.17) is 18.9 Å². The smallest absolute Gasteiger partial charge is 0.462 e. The molecule has 2 N–H and O–H groups in total. The monoisotopic (exact) mass is 839 g/mol. The molecule has 0 aromatic carbocycles. The van der Waals surface area contributed by atoms with Crippen molar-refractivity contribution >= 4 is 40.9 Å². The van der Waals surface area contributed by atoms with Crippen LogP contribution in [-0.2, 0) is 33.3 Å². The SMILES string of the molecule is COC[C@H]1C[C@@H](n2cc(C#CCN=COC(F)(F)F)c(=O)[nH]c2=O)C[C@H]1OC(C)=O.COC[C@H]1C[C@@H](n2cc(I)c(=O)[nH]c2=O)C[C@H]1OC(C)=O. The molecular weight excluding hydrogens is 802 g/mol. The minimum atomic E-state index is -4.84. The summed E-state index contributed by atoms with van der Waals surface area (Å²) in [5.41, 5.74) is -2.26. The van der Waals surface area contributed by atoms with E-state index in [0.717, 1.165) is 0 Å². The van der Waals surface area contributed by atoms with E-state index in [1.807, 2.05) is 22.6 Å². The first-order chi connectivity index (χ1) is 24.0. The molecule has 2 fully saturated rings. The lowest BCUT2D eigenvalue weighted by atomic mass is 10.1. The van der Waals surface area contributed by atoms with Crippen LogP contribution in [0.25, 0.3) is 0 Å². The fourth-order valence-electron chi connectivity index (χ4n) is 5.96.